The van der Waals surface area contributed by atoms with Crippen molar-refractivity contribution in [2.45, 2.75) is 45.6 Å². The normalized spacial score (nSPS) is 29.4. The van der Waals surface area contributed by atoms with E-state index in [9.17, 15) is 0 Å². The summed E-state index contributed by atoms with van der Waals surface area (Å²) in [6.07, 6.45) is 5.65. The number of rotatable bonds is 4. The van der Waals surface area contributed by atoms with Crippen molar-refractivity contribution in [3.63, 3.8) is 0 Å². The second kappa shape index (κ2) is 5.32. The van der Waals surface area contributed by atoms with Crippen LogP contribution in [0.1, 0.15) is 43.9 Å². The topological polar surface area (TPSA) is 50.9 Å². The summed E-state index contributed by atoms with van der Waals surface area (Å²) in [6, 6.07) is 4.37. The summed E-state index contributed by atoms with van der Waals surface area (Å²) in [7, 11) is 0. The van der Waals surface area contributed by atoms with Gasteiger partial charge >= 0.3 is 0 Å². The molecule has 0 aliphatic heterocycles. The zero-order valence-corrected chi connectivity index (χ0v) is 13.0. The van der Waals surface area contributed by atoms with Crippen LogP contribution < -0.4 is 11.1 Å². The van der Waals surface area contributed by atoms with E-state index in [4.69, 9.17) is 18.0 Å². The van der Waals surface area contributed by atoms with Crippen LogP contribution in [0.2, 0.25) is 0 Å². The molecule has 3 N–H and O–H groups in total. The highest BCUT2D eigenvalue weighted by Gasteiger charge is 2.41. The van der Waals surface area contributed by atoms with Gasteiger partial charge in [0.2, 0.25) is 0 Å². The molecule has 3 nitrogen and oxygen atoms in total. The van der Waals surface area contributed by atoms with Gasteiger partial charge in [-0.1, -0.05) is 18.6 Å². The van der Waals surface area contributed by atoms with E-state index >= 15 is 0 Å². The Morgan fingerprint density at radius 1 is 1.40 bits per heavy atom. The molecule has 0 spiro atoms. The average Bonchev–Trinajstić information content (AvgIpc) is 3.00. The van der Waals surface area contributed by atoms with Gasteiger partial charge in [0.25, 0.3) is 0 Å². The molecule has 0 saturated heterocycles. The van der Waals surface area contributed by atoms with Gasteiger partial charge in [-0.05, 0) is 63.0 Å². The van der Waals surface area contributed by atoms with E-state index in [1.54, 1.807) is 0 Å². The number of aryl methyl sites for hydroxylation is 1. The lowest BCUT2D eigenvalue weighted by molar-refractivity contribution is 0.304. The van der Waals surface area contributed by atoms with Gasteiger partial charge in [0.05, 0.1) is 5.56 Å². The molecule has 1 aromatic rings. The van der Waals surface area contributed by atoms with Crippen LogP contribution in [0, 0.1) is 24.7 Å². The second-order valence-corrected chi connectivity index (χ2v) is 6.92. The van der Waals surface area contributed by atoms with Crippen LogP contribution in [0.5, 0.6) is 0 Å². The Labute approximate surface area is 126 Å². The molecule has 2 fully saturated rings. The highest BCUT2D eigenvalue weighted by atomic mass is 32.1. The number of nitrogens with two attached hydrogens (primary N) is 1. The summed E-state index contributed by atoms with van der Waals surface area (Å²) in [5.41, 5.74) is 7.66. The van der Waals surface area contributed by atoms with Crippen molar-refractivity contribution >= 4 is 23.0 Å². The Kier molecular flexibility index (Phi) is 3.67. The summed E-state index contributed by atoms with van der Waals surface area (Å²) in [6.45, 7) is 4.27. The third-order valence-electron chi connectivity index (χ3n) is 5.10. The maximum Gasteiger partial charge on any atom is 0.136 e. The molecule has 0 radical (unpaired) electrons. The molecule has 0 amide bonds. The van der Waals surface area contributed by atoms with E-state index in [1.807, 2.05) is 19.1 Å². The smallest absolute Gasteiger partial charge is 0.136 e. The van der Waals surface area contributed by atoms with E-state index < -0.39 is 0 Å². The van der Waals surface area contributed by atoms with E-state index in [-0.39, 0.29) is 0 Å². The van der Waals surface area contributed by atoms with Crippen molar-refractivity contribution in [2.75, 3.05) is 5.32 Å². The minimum atomic E-state index is 0.417. The molecule has 1 aromatic heterocycles. The van der Waals surface area contributed by atoms with Gasteiger partial charge in [-0.3, -0.25) is 0 Å². The molecule has 4 unspecified atom stereocenters. The minimum Gasteiger partial charge on any atom is -0.389 e. The number of thiocarbonyl (C=S) groups is 1. The number of aromatic nitrogens is 1. The van der Waals surface area contributed by atoms with Gasteiger partial charge in [-0.2, -0.15) is 0 Å². The summed E-state index contributed by atoms with van der Waals surface area (Å²) in [5, 5.41) is 3.58. The van der Waals surface area contributed by atoms with Gasteiger partial charge in [-0.25, -0.2) is 4.98 Å². The lowest BCUT2D eigenvalue weighted by Crippen LogP contribution is -2.31. The monoisotopic (exact) mass is 289 g/mol. The van der Waals surface area contributed by atoms with E-state index in [1.165, 1.54) is 25.7 Å². The summed E-state index contributed by atoms with van der Waals surface area (Å²) in [5.74, 6) is 3.50. The lowest BCUT2D eigenvalue weighted by Gasteiger charge is -2.29. The fourth-order valence-corrected chi connectivity index (χ4v) is 4.26. The number of hydrogen-bond donors (Lipinski definition) is 2. The predicted octanol–water partition coefficient (Wildman–Crippen LogP) is 3.26. The molecule has 2 aliphatic rings. The van der Waals surface area contributed by atoms with E-state index in [0.29, 0.717) is 11.0 Å². The van der Waals surface area contributed by atoms with Crippen LogP contribution in [-0.4, -0.2) is 16.0 Å². The maximum absolute atomic E-state index is 5.81. The van der Waals surface area contributed by atoms with Crippen LogP contribution >= 0.6 is 12.2 Å². The van der Waals surface area contributed by atoms with E-state index in [0.717, 1.165) is 34.8 Å². The zero-order valence-electron chi connectivity index (χ0n) is 12.2. The fraction of sp³-hybridized carbons (Fsp3) is 0.625. The molecule has 1 heterocycles. The number of hydrogen-bond acceptors (Lipinski definition) is 3. The van der Waals surface area contributed by atoms with Crippen LogP contribution in [0.15, 0.2) is 12.1 Å². The lowest BCUT2D eigenvalue weighted by atomic mass is 9.84. The Morgan fingerprint density at radius 2 is 2.20 bits per heavy atom. The van der Waals surface area contributed by atoms with Crippen molar-refractivity contribution in [2.24, 2.45) is 23.5 Å². The number of nitrogens with zero attached hydrogens (tertiary/aromatic N) is 1. The number of pyridine rings is 1. The van der Waals surface area contributed by atoms with Gasteiger partial charge in [0, 0.05) is 11.7 Å². The van der Waals surface area contributed by atoms with E-state index in [2.05, 4.69) is 17.2 Å². The molecule has 20 heavy (non-hydrogen) atoms. The molecule has 0 aromatic carbocycles. The second-order valence-electron chi connectivity index (χ2n) is 6.48. The van der Waals surface area contributed by atoms with Gasteiger partial charge in [-0.15, -0.1) is 0 Å². The number of fused-ring (bicyclic) bond motifs is 2. The first-order valence-electron chi connectivity index (χ1n) is 7.58. The largest absolute Gasteiger partial charge is 0.389 e. The Balaban J connectivity index is 1.77. The molecule has 4 atom stereocenters. The Morgan fingerprint density at radius 3 is 2.80 bits per heavy atom. The quantitative estimate of drug-likeness (QED) is 0.835. The predicted molar refractivity (Wildman–Crippen MR) is 86.9 cm³/mol. The summed E-state index contributed by atoms with van der Waals surface area (Å²) in [4.78, 5) is 5.01. The number of nitrogens with one attached hydrogen (secondary N) is 1. The minimum absolute atomic E-state index is 0.417. The van der Waals surface area contributed by atoms with Gasteiger partial charge < -0.3 is 11.1 Å². The Hall–Kier alpha value is -1.16. The Bertz CT molecular complexity index is 528. The summed E-state index contributed by atoms with van der Waals surface area (Å²) < 4.78 is 0. The standard InChI is InChI=1S/C16H23N3S/c1-9-3-6-13(15(17)20)16(18-9)19-10(2)14-8-11-4-5-12(14)7-11/h3,6,10-12,14H,4-5,7-8H2,1-2H3,(H2,17,20)(H,18,19). The molecule has 108 valence electrons. The van der Waals surface area contributed by atoms with Crippen LogP contribution in [-0.2, 0) is 0 Å². The first kappa shape index (κ1) is 13.8. The molecule has 2 aliphatic carbocycles. The highest BCUT2D eigenvalue weighted by molar-refractivity contribution is 7.80. The van der Waals surface area contributed by atoms with Crippen molar-refractivity contribution in [1.82, 2.24) is 4.98 Å². The maximum atomic E-state index is 5.81. The highest BCUT2D eigenvalue weighted by Crippen LogP contribution is 2.49. The van der Waals surface area contributed by atoms with Crippen molar-refractivity contribution in [3.8, 4) is 0 Å². The zero-order chi connectivity index (χ0) is 14.3. The average molecular weight is 289 g/mol. The fourth-order valence-electron chi connectivity index (χ4n) is 4.09. The third-order valence-corrected chi connectivity index (χ3v) is 5.32. The van der Waals surface area contributed by atoms with Crippen molar-refractivity contribution in [1.29, 1.82) is 0 Å². The van der Waals surface area contributed by atoms with Crippen LogP contribution in [0.25, 0.3) is 0 Å². The molecule has 3 rings (SSSR count). The number of anilines is 1. The molecule has 2 bridgehead atoms. The third kappa shape index (κ3) is 2.53. The first-order chi connectivity index (χ1) is 9.54. The molecular formula is C16H23N3S. The molecular weight excluding hydrogens is 266 g/mol. The van der Waals surface area contributed by atoms with Crippen LogP contribution in [0.4, 0.5) is 5.82 Å². The SMILES string of the molecule is Cc1ccc(C(N)=S)c(NC(C)C2CC3CCC2C3)n1. The van der Waals surface area contributed by atoms with Gasteiger partial charge in [0.1, 0.15) is 10.8 Å². The van der Waals surface area contributed by atoms with Crippen LogP contribution in [0.3, 0.4) is 0 Å². The molecule has 4 heteroatoms. The van der Waals surface area contributed by atoms with Crippen molar-refractivity contribution < 1.29 is 0 Å². The first-order valence-corrected chi connectivity index (χ1v) is 7.99. The summed E-state index contributed by atoms with van der Waals surface area (Å²) >= 11 is 5.13. The van der Waals surface area contributed by atoms with Crippen molar-refractivity contribution in [3.05, 3.63) is 23.4 Å². The van der Waals surface area contributed by atoms with Gasteiger partial charge in [0.15, 0.2) is 0 Å². The molecule has 2 saturated carbocycles.